The van der Waals surface area contributed by atoms with Gasteiger partial charge < -0.3 is 10.2 Å². The van der Waals surface area contributed by atoms with Crippen molar-refractivity contribution in [1.29, 1.82) is 0 Å². The molecular weight excluding hydrogens is 287 g/mol. The molecule has 8 heteroatoms. The van der Waals surface area contributed by atoms with Crippen LogP contribution in [0.15, 0.2) is 18.2 Å². The standard InChI is InChI=1S/C13H18F3N3O2/c1-3-18(4-2)8-7-17-11-6-5-10(13(14,15)16)9-12(11)19(20)21/h5-6,9,17H,3-4,7-8H2,1-2H3. The average molecular weight is 305 g/mol. The van der Waals surface area contributed by atoms with Crippen LogP contribution in [-0.4, -0.2) is 36.0 Å². The monoisotopic (exact) mass is 305 g/mol. The zero-order valence-electron chi connectivity index (χ0n) is 11.9. The Hall–Kier alpha value is -1.83. The smallest absolute Gasteiger partial charge is 0.378 e. The lowest BCUT2D eigenvalue weighted by Gasteiger charge is -2.18. The molecule has 0 aromatic heterocycles. The summed E-state index contributed by atoms with van der Waals surface area (Å²) in [5, 5.41) is 13.7. The molecule has 0 aliphatic heterocycles. The summed E-state index contributed by atoms with van der Waals surface area (Å²) in [7, 11) is 0. The van der Waals surface area contributed by atoms with E-state index < -0.39 is 22.4 Å². The number of nitro benzene ring substituents is 1. The third-order valence-corrected chi connectivity index (χ3v) is 3.16. The third-order valence-electron chi connectivity index (χ3n) is 3.16. The van der Waals surface area contributed by atoms with E-state index in [0.29, 0.717) is 19.2 Å². The molecule has 0 amide bonds. The van der Waals surface area contributed by atoms with Crippen LogP contribution in [0.25, 0.3) is 0 Å². The van der Waals surface area contributed by atoms with E-state index in [1.165, 1.54) is 0 Å². The van der Waals surface area contributed by atoms with E-state index in [9.17, 15) is 23.3 Å². The summed E-state index contributed by atoms with van der Waals surface area (Å²) in [5.41, 5.74) is -1.49. The van der Waals surface area contributed by atoms with Crippen LogP contribution in [0, 0.1) is 10.1 Å². The van der Waals surface area contributed by atoms with Crippen molar-refractivity contribution in [1.82, 2.24) is 4.90 Å². The van der Waals surface area contributed by atoms with Crippen LogP contribution in [0.4, 0.5) is 24.5 Å². The Morgan fingerprint density at radius 1 is 1.29 bits per heavy atom. The molecule has 1 aromatic carbocycles. The van der Waals surface area contributed by atoms with Crippen LogP contribution in [0.2, 0.25) is 0 Å². The van der Waals surface area contributed by atoms with Crippen LogP contribution in [0.5, 0.6) is 0 Å². The normalized spacial score (nSPS) is 11.7. The zero-order valence-corrected chi connectivity index (χ0v) is 11.9. The molecule has 1 N–H and O–H groups in total. The van der Waals surface area contributed by atoms with Crippen LogP contribution in [-0.2, 0) is 6.18 Å². The first kappa shape index (κ1) is 17.2. The molecule has 0 spiro atoms. The maximum atomic E-state index is 12.6. The molecule has 0 saturated carbocycles. The largest absolute Gasteiger partial charge is 0.416 e. The molecular formula is C13H18F3N3O2. The van der Waals surface area contributed by atoms with Gasteiger partial charge in [-0.15, -0.1) is 0 Å². The summed E-state index contributed by atoms with van der Waals surface area (Å²) in [5.74, 6) is 0. The number of halogens is 3. The minimum absolute atomic E-state index is 0.0974. The van der Waals surface area contributed by atoms with E-state index in [1.54, 1.807) is 0 Å². The van der Waals surface area contributed by atoms with Crippen LogP contribution < -0.4 is 5.32 Å². The van der Waals surface area contributed by atoms with Crippen molar-refractivity contribution in [2.24, 2.45) is 0 Å². The highest BCUT2D eigenvalue weighted by atomic mass is 19.4. The van der Waals surface area contributed by atoms with E-state index in [2.05, 4.69) is 10.2 Å². The maximum Gasteiger partial charge on any atom is 0.416 e. The van der Waals surface area contributed by atoms with Crippen molar-refractivity contribution in [2.75, 3.05) is 31.5 Å². The molecule has 118 valence electrons. The van der Waals surface area contributed by atoms with Gasteiger partial charge in [-0.1, -0.05) is 13.8 Å². The lowest BCUT2D eigenvalue weighted by Crippen LogP contribution is -2.28. The lowest BCUT2D eigenvalue weighted by molar-refractivity contribution is -0.384. The predicted octanol–water partition coefficient (Wildman–Crippen LogP) is 3.37. The molecule has 0 bridgehead atoms. The first-order chi connectivity index (χ1) is 9.79. The number of likely N-dealkylation sites (N-methyl/N-ethyl adjacent to an activating group) is 1. The van der Waals surface area contributed by atoms with Gasteiger partial charge in [-0.25, -0.2) is 0 Å². The minimum Gasteiger partial charge on any atom is -0.378 e. The number of benzene rings is 1. The van der Waals surface area contributed by atoms with Gasteiger partial charge in [0.2, 0.25) is 0 Å². The Kier molecular flexibility index (Phi) is 5.95. The highest BCUT2D eigenvalue weighted by molar-refractivity contribution is 5.62. The molecule has 0 fully saturated rings. The predicted molar refractivity (Wildman–Crippen MR) is 74.4 cm³/mol. The fourth-order valence-electron chi connectivity index (χ4n) is 1.90. The molecule has 0 atom stereocenters. The first-order valence-corrected chi connectivity index (χ1v) is 6.61. The molecule has 0 aliphatic rings. The summed E-state index contributed by atoms with van der Waals surface area (Å²) >= 11 is 0. The van der Waals surface area contributed by atoms with Gasteiger partial charge in [0.25, 0.3) is 5.69 Å². The molecule has 0 saturated heterocycles. The number of hydrogen-bond acceptors (Lipinski definition) is 4. The van der Waals surface area contributed by atoms with Gasteiger partial charge >= 0.3 is 6.18 Å². The Bertz CT molecular complexity index is 488. The molecule has 21 heavy (non-hydrogen) atoms. The number of alkyl halides is 3. The third kappa shape index (κ3) is 4.89. The topological polar surface area (TPSA) is 58.4 Å². The number of nitrogens with zero attached hydrogens (tertiary/aromatic N) is 2. The zero-order chi connectivity index (χ0) is 16.0. The van der Waals surface area contributed by atoms with E-state index in [0.717, 1.165) is 25.2 Å². The summed E-state index contributed by atoms with van der Waals surface area (Å²) in [4.78, 5) is 12.2. The number of anilines is 1. The van der Waals surface area contributed by atoms with Crippen molar-refractivity contribution < 1.29 is 18.1 Å². The first-order valence-electron chi connectivity index (χ1n) is 6.61. The van der Waals surface area contributed by atoms with Crippen molar-refractivity contribution in [3.05, 3.63) is 33.9 Å². The Balaban J connectivity index is 2.85. The Labute approximate surface area is 120 Å². The second-order valence-corrected chi connectivity index (χ2v) is 4.44. The number of nitro groups is 1. The van der Waals surface area contributed by atoms with E-state index in [1.807, 2.05) is 13.8 Å². The van der Waals surface area contributed by atoms with Crippen LogP contribution >= 0.6 is 0 Å². The van der Waals surface area contributed by atoms with Crippen molar-refractivity contribution in [3.8, 4) is 0 Å². The molecule has 5 nitrogen and oxygen atoms in total. The van der Waals surface area contributed by atoms with Gasteiger partial charge in [-0.05, 0) is 25.2 Å². The van der Waals surface area contributed by atoms with Crippen LogP contribution in [0.1, 0.15) is 19.4 Å². The Morgan fingerprint density at radius 3 is 2.38 bits per heavy atom. The summed E-state index contributed by atoms with van der Waals surface area (Å²) in [6.45, 7) is 6.74. The van der Waals surface area contributed by atoms with Gasteiger partial charge in [0, 0.05) is 19.2 Å². The summed E-state index contributed by atoms with van der Waals surface area (Å²) in [6, 6.07) is 2.50. The molecule has 0 radical (unpaired) electrons. The van der Waals surface area contributed by atoms with Gasteiger partial charge in [0.05, 0.1) is 10.5 Å². The van der Waals surface area contributed by atoms with E-state index >= 15 is 0 Å². The molecule has 0 unspecified atom stereocenters. The second-order valence-electron chi connectivity index (χ2n) is 4.44. The highest BCUT2D eigenvalue weighted by Crippen LogP contribution is 2.34. The lowest BCUT2D eigenvalue weighted by atomic mass is 10.1. The SMILES string of the molecule is CCN(CC)CCNc1ccc(C(F)(F)F)cc1[N+](=O)[O-]. The van der Waals surface area contributed by atoms with E-state index in [4.69, 9.17) is 0 Å². The van der Waals surface area contributed by atoms with Crippen molar-refractivity contribution in [2.45, 2.75) is 20.0 Å². The molecule has 1 rings (SSSR count). The fourth-order valence-corrected chi connectivity index (χ4v) is 1.90. The van der Waals surface area contributed by atoms with Crippen molar-refractivity contribution in [3.63, 3.8) is 0 Å². The fraction of sp³-hybridized carbons (Fsp3) is 0.538. The quantitative estimate of drug-likeness (QED) is 0.620. The number of rotatable bonds is 7. The van der Waals surface area contributed by atoms with E-state index in [-0.39, 0.29) is 5.69 Å². The molecule has 0 aliphatic carbocycles. The molecule has 1 aromatic rings. The average Bonchev–Trinajstić information content (AvgIpc) is 2.42. The second kappa shape index (κ2) is 7.26. The van der Waals surface area contributed by atoms with Gasteiger partial charge in [-0.3, -0.25) is 10.1 Å². The maximum absolute atomic E-state index is 12.6. The summed E-state index contributed by atoms with van der Waals surface area (Å²) < 4.78 is 37.7. The Morgan fingerprint density at radius 2 is 1.90 bits per heavy atom. The molecule has 0 heterocycles. The van der Waals surface area contributed by atoms with Gasteiger partial charge in [0.15, 0.2) is 0 Å². The number of hydrogen-bond donors (Lipinski definition) is 1. The van der Waals surface area contributed by atoms with Gasteiger partial charge in [-0.2, -0.15) is 13.2 Å². The van der Waals surface area contributed by atoms with Gasteiger partial charge in [0.1, 0.15) is 5.69 Å². The van der Waals surface area contributed by atoms with Crippen LogP contribution in [0.3, 0.4) is 0 Å². The minimum atomic E-state index is -4.59. The number of nitrogens with one attached hydrogen (secondary N) is 1. The summed E-state index contributed by atoms with van der Waals surface area (Å²) in [6.07, 6.45) is -4.59. The van der Waals surface area contributed by atoms with Crippen molar-refractivity contribution >= 4 is 11.4 Å². The highest BCUT2D eigenvalue weighted by Gasteiger charge is 2.32.